The van der Waals surface area contributed by atoms with E-state index in [1.807, 2.05) is 6.92 Å². The zero-order valence-electron chi connectivity index (χ0n) is 9.67. The average molecular weight is 255 g/mol. The summed E-state index contributed by atoms with van der Waals surface area (Å²) in [6.07, 6.45) is -2.61. The molecule has 0 bridgehead atoms. The van der Waals surface area contributed by atoms with E-state index in [1.54, 1.807) is 6.20 Å². The fraction of sp³-hybridized carbons (Fsp3) is 0.250. The van der Waals surface area contributed by atoms with Crippen LogP contribution in [0.5, 0.6) is 0 Å². The molecule has 0 saturated heterocycles. The molecule has 0 aliphatic rings. The first kappa shape index (κ1) is 12.5. The number of rotatable bonds is 3. The Morgan fingerprint density at radius 3 is 2.39 bits per heavy atom. The third-order valence-corrected chi connectivity index (χ3v) is 2.45. The lowest BCUT2D eigenvalue weighted by Crippen LogP contribution is -2.05. The van der Waals surface area contributed by atoms with Crippen molar-refractivity contribution in [2.45, 2.75) is 19.6 Å². The number of H-pyrrole nitrogens is 1. The molecule has 0 aliphatic heterocycles. The Hall–Kier alpha value is -1.98. The molecule has 0 amide bonds. The highest BCUT2D eigenvalue weighted by atomic mass is 19.4. The zero-order chi connectivity index (χ0) is 13.2. The summed E-state index contributed by atoms with van der Waals surface area (Å²) in [6.45, 7) is 2.33. The molecule has 96 valence electrons. The number of alkyl halides is 3. The van der Waals surface area contributed by atoms with Gasteiger partial charge in [0.15, 0.2) is 0 Å². The van der Waals surface area contributed by atoms with E-state index in [4.69, 9.17) is 0 Å². The normalized spacial score (nSPS) is 11.6. The summed E-state index contributed by atoms with van der Waals surface area (Å²) >= 11 is 0. The molecule has 1 aromatic carbocycles. The number of hydrogen-bond donors (Lipinski definition) is 2. The number of halogens is 3. The largest absolute Gasteiger partial charge is 0.416 e. The monoisotopic (exact) mass is 255 g/mol. The van der Waals surface area contributed by atoms with Crippen LogP contribution in [0.25, 0.3) is 0 Å². The number of nitrogens with zero attached hydrogens (tertiary/aromatic N) is 1. The zero-order valence-corrected chi connectivity index (χ0v) is 9.67. The fourth-order valence-corrected chi connectivity index (χ4v) is 1.54. The lowest BCUT2D eigenvalue weighted by atomic mass is 10.2. The number of aromatic amines is 1. The number of hydrogen-bond acceptors (Lipinski definition) is 2. The van der Waals surface area contributed by atoms with Gasteiger partial charge in [-0.15, -0.1) is 0 Å². The molecule has 6 heteroatoms. The van der Waals surface area contributed by atoms with E-state index in [-0.39, 0.29) is 0 Å². The maximum atomic E-state index is 12.3. The molecule has 0 atom stereocenters. The van der Waals surface area contributed by atoms with Gasteiger partial charge in [-0.3, -0.25) is 0 Å². The summed E-state index contributed by atoms with van der Waals surface area (Å²) in [7, 11) is 0. The van der Waals surface area contributed by atoms with Crippen molar-refractivity contribution in [1.82, 2.24) is 9.97 Å². The molecule has 0 fully saturated rings. The number of nitrogens with one attached hydrogen (secondary N) is 2. The summed E-state index contributed by atoms with van der Waals surface area (Å²) in [4.78, 5) is 7.06. The molecule has 18 heavy (non-hydrogen) atoms. The molecule has 0 unspecified atom stereocenters. The molecule has 0 spiro atoms. The standard InChI is InChI=1S/C12H12F3N3/c1-8-16-6-11(18-8)7-17-10-4-2-9(3-5-10)12(13,14)15/h2-6,17H,7H2,1H3,(H,16,18). The Morgan fingerprint density at radius 2 is 1.89 bits per heavy atom. The predicted molar refractivity (Wildman–Crippen MR) is 62.1 cm³/mol. The molecule has 2 rings (SSSR count). The van der Waals surface area contributed by atoms with Crippen LogP contribution in [0, 0.1) is 6.92 Å². The summed E-state index contributed by atoms with van der Waals surface area (Å²) in [5.74, 6) is 0.805. The second-order valence-electron chi connectivity index (χ2n) is 3.92. The van der Waals surface area contributed by atoms with Crippen molar-refractivity contribution in [3.63, 3.8) is 0 Å². The van der Waals surface area contributed by atoms with Gasteiger partial charge in [-0.05, 0) is 31.2 Å². The predicted octanol–water partition coefficient (Wildman–Crippen LogP) is 3.35. The van der Waals surface area contributed by atoms with Crippen LogP contribution in [0.4, 0.5) is 18.9 Å². The van der Waals surface area contributed by atoms with Crippen molar-refractivity contribution < 1.29 is 13.2 Å². The molecule has 0 saturated carbocycles. The van der Waals surface area contributed by atoms with E-state index in [9.17, 15) is 13.2 Å². The molecule has 2 N–H and O–H groups in total. The molecule has 3 nitrogen and oxygen atoms in total. The number of imidazole rings is 1. The Kier molecular flexibility index (Phi) is 3.27. The Labute approximate surface area is 102 Å². The van der Waals surface area contributed by atoms with Crippen molar-refractivity contribution >= 4 is 5.69 Å². The molecule has 1 heterocycles. The fourth-order valence-electron chi connectivity index (χ4n) is 1.54. The van der Waals surface area contributed by atoms with Crippen molar-refractivity contribution in [2.24, 2.45) is 0 Å². The van der Waals surface area contributed by atoms with Crippen LogP contribution >= 0.6 is 0 Å². The summed E-state index contributed by atoms with van der Waals surface area (Å²) in [5, 5.41) is 3.01. The van der Waals surface area contributed by atoms with Crippen LogP contribution < -0.4 is 5.32 Å². The maximum absolute atomic E-state index is 12.3. The highest BCUT2D eigenvalue weighted by Gasteiger charge is 2.29. The van der Waals surface area contributed by atoms with Gasteiger partial charge in [0.2, 0.25) is 0 Å². The van der Waals surface area contributed by atoms with Crippen molar-refractivity contribution in [3.05, 3.63) is 47.5 Å². The van der Waals surface area contributed by atoms with Gasteiger partial charge in [-0.2, -0.15) is 13.2 Å². The van der Waals surface area contributed by atoms with Gasteiger partial charge in [0.25, 0.3) is 0 Å². The number of benzene rings is 1. The SMILES string of the molecule is Cc1ncc(CNc2ccc(C(F)(F)F)cc2)[nH]1. The van der Waals surface area contributed by atoms with E-state index >= 15 is 0 Å². The Morgan fingerprint density at radius 1 is 1.22 bits per heavy atom. The van der Waals surface area contributed by atoms with Gasteiger partial charge in [-0.25, -0.2) is 4.98 Å². The highest BCUT2D eigenvalue weighted by Crippen LogP contribution is 2.29. The lowest BCUT2D eigenvalue weighted by molar-refractivity contribution is -0.137. The van der Waals surface area contributed by atoms with Crippen molar-refractivity contribution in [3.8, 4) is 0 Å². The van der Waals surface area contributed by atoms with E-state index in [0.717, 1.165) is 23.7 Å². The van der Waals surface area contributed by atoms with Gasteiger partial charge in [0.1, 0.15) is 5.82 Å². The topological polar surface area (TPSA) is 40.7 Å². The van der Waals surface area contributed by atoms with Crippen LogP contribution in [0.3, 0.4) is 0 Å². The smallest absolute Gasteiger partial charge is 0.379 e. The Balaban J connectivity index is 1.98. The van der Waals surface area contributed by atoms with Crippen LogP contribution in [0.2, 0.25) is 0 Å². The van der Waals surface area contributed by atoms with Gasteiger partial charge in [-0.1, -0.05) is 0 Å². The Bertz CT molecular complexity index is 514. The average Bonchev–Trinajstić information content (AvgIpc) is 2.72. The summed E-state index contributed by atoms with van der Waals surface area (Å²) in [6, 6.07) is 4.93. The van der Waals surface area contributed by atoms with Crippen molar-refractivity contribution in [2.75, 3.05) is 5.32 Å². The van der Waals surface area contributed by atoms with Gasteiger partial charge >= 0.3 is 6.18 Å². The first-order valence-electron chi connectivity index (χ1n) is 5.37. The minimum Gasteiger partial charge on any atom is -0.379 e. The van der Waals surface area contributed by atoms with Crippen molar-refractivity contribution in [1.29, 1.82) is 0 Å². The summed E-state index contributed by atoms with van der Waals surface area (Å²) in [5.41, 5.74) is 0.869. The number of anilines is 1. The van der Waals surface area contributed by atoms with E-state index in [0.29, 0.717) is 12.2 Å². The van der Waals surface area contributed by atoms with Crippen LogP contribution in [-0.2, 0) is 12.7 Å². The van der Waals surface area contributed by atoms with Crippen LogP contribution in [0.1, 0.15) is 17.1 Å². The minimum atomic E-state index is -4.29. The van der Waals surface area contributed by atoms with Gasteiger partial charge in [0.05, 0.1) is 24.0 Å². The minimum absolute atomic E-state index is 0.492. The van der Waals surface area contributed by atoms with Crippen LogP contribution in [-0.4, -0.2) is 9.97 Å². The van der Waals surface area contributed by atoms with Crippen LogP contribution in [0.15, 0.2) is 30.5 Å². The highest BCUT2D eigenvalue weighted by molar-refractivity contribution is 5.45. The van der Waals surface area contributed by atoms with Gasteiger partial charge < -0.3 is 10.3 Å². The van der Waals surface area contributed by atoms with E-state index in [2.05, 4.69) is 15.3 Å². The molecular formula is C12H12F3N3. The summed E-state index contributed by atoms with van der Waals surface area (Å²) < 4.78 is 37.0. The second-order valence-corrected chi connectivity index (χ2v) is 3.92. The third kappa shape index (κ3) is 3.03. The van der Waals surface area contributed by atoms with E-state index in [1.165, 1.54) is 12.1 Å². The molecule has 2 aromatic rings. The molecular weight excluding hydrogens is 243 g/mol. The van der Waals surface area contributed by atoms with E-state index < -0.39 is 11.7 Å². The molecule has 0 radical (unpaired) electrons. The first-order valence-corrected chi connectivity index (χ1v) is 5.37. The second kappa shape index (κ2) is 4.72. The lowest BCUT2D eigenvalue weighted by Gasteiger charge is -2.08. The van der Waals surface area contributed by atoms with Gasteiger partial charge in [0, 0.05) is 5.69 Å². The third-order valence-electron chi connectivity index (χ3n) is 2.45. The molecule has 1 aromatic heterocycles. The molecule has 0 aliphatic carbocycles. The number of aryl methyl sites for hydroxylation is 1. The first-order chi connectivity index (χ1) is 8.45. The maximum Gasteiger partial charge on any atom is 0.416 e. The number of aromatic nitrogens is 2. The quantitative estimate of drug-likeness (QED) is 0.883.